The minimum atomic E-state index is -0.306. The van der Waals surface area contributed by atoms with Gasteiger partial charge in [0.25, 0.3) is 0 Å². The van der Waals surface area contributed by atoms with E-state index in [-0.39, 0.29) is 19.0 Å². The second-order valence-electron chi connectivity index (χ2n) is 6.15. The summed E-state index contributed by atoms with van der Waals surface area (Å²) in [7, 11) is 2.19. The van der Waals surface area contributed by atoms with Crippen molar-refractivity contribution in [2.75, 3.05) is 18.5 Å². The molecule has 0 radical (unpaired) electrons. The SMILES string of the molecule is [2H]B(P)S.[3H]OCCC[C@H]1CC(CCO)=C2Nc3c(C)nc(C)nc3O[C@H]21. The number of fused-ring (bicyclic) bond motifs is 2. The third-order valence-electron chi connectivity index (χ3n) is 4.40. The van der Waals surface area contributed by atoms with Crippen molar-refractivity contribution in [3.05, 3.63) is 22.8 Å². The van der Waals surface area contributed by atoms with Gasteiger partial charge in [-0.2, -0.15) is 14.1 Å². The maximum Gasteiger partial charge on any atom is 0.242 e. The number of aliphatic hydroxyl groups is 2. The van der Waals surface area contributed by atoms with Gasteiger partial charge in [-0.05, 0) is 46.4 Å². The lowest BCUT2D eigenvalue weighted by atomic mass is 9.96. The molecule has 6 nitrogen and oxygen atoms in total. The molecular weight excluding hydrogens is 356 g/mol. The molecule has 0 bridgehead atoms. The average Bonchev–Trinajstić information content (AvgIpc) is 2.90. The van der Waals surface area contributed by atoms with Crippen molar-refractivity contribution in [1.82, 2.24) is 9.97 Å². The van der Waals surface area contributed by atoms with E-state index in [0.29, 0.717) is 30.7 Å². The molecule has 138 valence electrons. The second kappa shape index (κ2) is 9.76. The third kappa shape index (κ3) is 4.88. The average molecular weight is 386 g/mol. The number of nitrogens with one attached hydrogen (secondary N) is 1. The number of aliphatic hydroxyl groups excluding tert-OH is 2. The molecule has 0 fully saturated rings. The van der Waals surface area contributed by atoms with E-state index in [1.54, 1.807) is 0 Å². The van der Waals surface area contributed by atoms with E-state index in [9.17, 15) is 5.11 Å². The monoisotopic (exact) mass is 386 g/mol. The number of aromatic nitrogens is 2. The molecule has 1 aromatic rings. The van der Waals surface area contributed by atoms with Crippen LogP contribution in [0.25, 0.3) is 0 Å². The van der Waals surface area contributed by atoms with Crippen molar-refractivity contribution in [2.24, 2.45) is 5.92 Å². The lowest BCUT2D eigenvalue weighted by Gasteiger charge is -2.30. The van der Waals surface area contributed by atoms with Gasteiger partial charge in [0.2, 0.25) is 13.6 Å². The molecule has 3 rings (SSSR count). The third-order valence-corrected chi connectivity index (χ3v) is 4.40. The number of hydrogen-bond acceptors (Lipinski definition) is 7. The smallest absolute Gasteiger partial charge is 0.242 e. The van der Waals surface area contributed by atoms with Crippen LogP contribution >= 0.6 is 21.6 Å². The first-order chi connectivity index (χ1) is 12.9. The minimum absolute atomic E-state index is 0.0662. The zero-order chi connectivity index (χ0) is 20.0. The molecular formula is C16H27BN3O3PS. The molecule has 3 N–H and O–H groups in total. The number of thiol groups is 1. The van der Waals surface area contributed by atoms with E-state index in [1.807, 2.05) is 13.8 Å². The molecule has 1 aromatic heterocycles. The van der Waals surface area contributed by atoms with Crippen molar-refractivity contribution in [1.29, 1.82) is 2.77 Å². The molecule has 1 unspecified atom stereocenters. The van der Waals surface area contributed by atoms with Gasteiger partial charge in [-0.25, -0.2) is 17.5 Å². The maximum atomic E-state index is 9.33. The number of aryl methyl sites for hydroxylation is 2. The topological polar surface area (TPSA) is 87.5 Å². The van der Waals surface area contributed by atoms with Gasteiger partial charge in [-0.1, -0.05) is 0 Å². The van der Waals surface area contributed by atoms with Crippen LogP contribution < -0.4 is 10.1 Å². The molecule has 25 heavy (non-hydrogen) atoms. The zero-order valence-electron chi connectivity index (χ0n) is 16.7. The van der Waals surface area contributed by atoms with Gasteiger partial charge in [0.05, 0.1) is 11.4 Å². The highest BCUT2D eigenvalue weighted by atomic mass is 32.1. The van der Waals surface area contributed by atoms with Crippen LogP contribution in [0.3, 0.4) is 0 Å². The highest BCUT2D eigenvalue weighted by Gasteiger charge is 2.40. The summed E-state index contributed by atoms with van der Waals surface area (Å²) in [5.41, 5.74) is 3.96. The molecule has 3 atom stereocenters. The van der Waals surface area contributed by atoms with Crippen LogP contribution in [0.2, 0.25) is 0 Å². The summed E-state index contributed by atoms with van der Waals surface area (Å²) >= 11 is 3.60. The lowest BCUT2D eigenvalue weighted by molar-refractivity contribution is 0.154. The quantitative estimate of drug-likeness (QED) is 0.258. The highest BCUT2D eigenvalue weighted by Crippen LogP contribution is 2.44. The molecule has 0 saturated heterocycles. The summed E-state index contributed by atoms with van der Waals surface area (Å²) in [6.07, 6.45) is 2.91. The molecule has 2 heterocycles. The first kappa shape index (κ1) is 17.6. The Morgan fingerprint density at radius 1 is 1.52 bits per heavy atom. The van der Waals surface area contributed by atoms with E-state index >= 15 is 0 Å². The minimum Gasteiger partial charge on any atom is -0.466 e. The van der Waals surface area contributed by atoms with Gasteiger partial charge >= 0.3 is 0 Å². The van der Waals surface area contributed by atoms with Crippen LogP contribution in [-0.2, 0) is 0 Å². The van der Waals surface area contributed by atoms with Crippen molar-refractivity contribution in [3.63, 3.8) is 0 Å². The Morgan fingerprint density at radius 3 is 2.96 bits per heavy atom. The fourth-order valence-corrected chi connectivity index (χ4v) is 3.42. The summed E-state index contributed by atoms with van der Waals surface area (Å²) in [5, 5.41) is 17.2. The van der Waals surface area contributed by atoms with E-state index < -0.39 is 0 Å². The van der Waals surface area contributed by atoms with Crippen molar-refractivity contribution >= 4 is 33.5 Å². The Bertz CT molecular complexity index is 682. The molecule has 2 aliphatic rings. The predicted molar refractivity (Wildman–Crippen MR) is 109 cm³/mol. The summed E-state index contributed by atoms with van der Waals surface area (Å²) in [5.74, 6) is 1.62. The molecule has 1 aliphatic heterocycles. The molecule has 0 aromatic carbocycles. The van der Waals surface area contributed by atoms with Crippen LogP contribution in [0, 0.1) is 19.8 Å². The Kier molecular flexibility index (Phi) is 6.87. The zero-order valence-corrected chi connectivity index (χ0v) is 16.7. The highest BCUT2D eigenvalue weighted by molar-refractivity contribution is 8.20. The predicted octanol–water partition coefficient (Wildman–Crippen LogP) is 1.75. The maximum absolute atomic E-state index is 9.33. The van der Waals surface area contributed by atoms with Gasteiger partial charge in [-0.3, -0.25) is 0 Å². The summed E-state index contributed by atoms with van der Waals surface area (Å²) in [4.78, 5) is 8.80. The molecule has 0 spiro atoms. The summed E-state index contributed by atoms with van der Waals surface area (Å²) in [6, 6.07) is 0. The molecule has 0 saturated carbocycles. The van der Waals surface area contributed by atoms with Gasteiger partial charge in [0, 0.05) is 19.1 Å². The largest absolute Gasteiger partial charge is 0.466 e. The van der Waals surface area contributed by atoms with Gasteiger partial charge < -0.3 is 20.3 Å². The van der Waals surface area contributed by atoms with Crippen molar-refractivity contribution < 1.29 is 15.0 Å². The van der Waals surface area contributed by atoms with E-state index in [2.05, 4.69) is 42.0 Å². The van der Waals surface area contributed by atoms with E-state index in [1.165, 1.54) is 5.57 Å². The Labute approximate surface area is 160 Å². The number of anilines is 1. The van der Waals surface area contributed by atoms with E-state index in [4.69, 9.17) is 7.50 Å². The van der Waals surface area contributed by atoms with Crippen LogP contribution in [0.5, 0.6) is 5.88 Å². The van der Waals surface area contributed by atoms with Crippen LogP contribution in [0.15, 0.2) is 11.3 Å². The number of rotatable bonds is 6. The standard InChI is InChI=1S/C16H23N3O3.BH4PS/c1-9-13-16(18-10(2)17-9)22-15-12(4-3-6-20)8-11(5-7-21)14(15)19-13;2-1-3/h12,15,19-21H,3-8H2,1-2H3;1,3H,2H2/t12-,15-;/m0./s1/i20T;1D. The normalized spacial score (nSPS) is 21.8. The Balaban J connectivity index is 0.000000596. The number of hydrogen-bond donors (Lipinski definition) is 4. The fourth-order valence-electron chi connectivity index (χ4n) is 3.42. The van der Waals surface area contributed by atoms with Crippen LogP contribution in [0.4, 0.5) is 5.69 Å². The van der Waals surface area contributed by atoms with Crippen LogP contribution in [0.1, 0.15) is 37.2 Å². The van der Waals surface area contributed by atoms with E-state index in [0.717, 1.165) is 36.3 Å². The van der Waals surface area contributed by atoms with Gasteiger partial charge in [0.1, 0.15) is 17.6 Å². The molecule has 1 aliphatic carbocycles. The van der Waals surface area contributed by atoms with Gasteiger partial charge in [-0.15, -0.1) is 0 Å². The molecule has 0 amide bonds. The first-order valence-corrected chi connectivity index (χ1v) is 9.61. The summed E-state index contributed by atoms with van der Waals surface area (Å²) in [6.45, 7) is 4.36. The van der Waals surface area contributed by atoms with Crippen molar-refractivity contribution in [3.8, 4) is 5.88 Å². The fraction of sp³-hybridized carbons (Fsp3) is 0.625. The second-order valence-corrected chi connectivity index (χ2v) is 7.34. The first-order valence-electron chi connectivity index (χ1n) is 9.41. The number of ether oxygens (including phenoxy) is 1. The summed E-state index contributed by atoms with van der Waals surface area (Å²) < 4.78 is 19.4. The van der Waals surface area contributed by atoms with Crippen LogP contribution in [-0.4, -0.2) is 48.5 Å². The van der Waals surface area contributed by atoms with Gasteiger partial charge in [0.15, 0.2) is 0 Å². The Morgan fingerprint density at radius 2 is 2.28 bits per heavy atom. The van der Waals surface area contributed by atoms with Crippen molar-refractivity contribution in [2.45, 2.75) is 45.6 Å². The molecule has 9 heteroatoms. The Hall–Kier alpha value is -0.815. The lowest BCUT2D eigenvalue weighted by Crippen LogP contribution is -2.33. The number of nitrogens with zero attached hydrogens (tertiary/aromatic N) is 2.